The largest absolute Gasteiger partial charge is 0.349 e. The smallest absolute Gasteiger partial charge is 0.142 e. The van der Waals surface area contributed by atoms with Gasteiger partial charge in [-0.25, -0.2) is 0 Å². The molecule has 3 nitrogen and oxygen atoms in total. The van der Waals surface area contributed by atoms with E-state index < -0.39 is 0 Å². The highest BCUT2D eigenvalue weighted by molar-refractivity contribution is 5.78. The lowest BCUT2D eigenvalue weighted by Gasteiger charge is -2.30. The van der Waals surface area contributed by atoms with E-state index in [4.69, 9.17) is 0 Å². The molecule has 0 saturated heterocycles. The minimum absolute atomic E-state index is 0.352. The van der Waals surface area contributed by atoms with Gasteiger partial charge in [-0.15, -0.1) is 0 Å². The number of rotatable bonds is 5. The third-order valence-corrected chi connectivity index (χ3v) is 4.03. The highest BCUT2D eigenvalue weighted by Gasteiger charge is 2.29. The van der Waals surface area contributed by atoms with Gasteiger partial charge in [0.15, 0.2) is 0 Å². The standard InChI is InChI=1S/C18H22N3/c1-19-13-12-16(15-8-4-3-5-9-15)21-14-20(2)17-10-6-7-11-18(17)21/h3-11,14,16,19H,12-13H2,1-2H3. The Morgan fingerprint density at radius 1 is 0.952 bits per heavy atom. The van der Waals surface area contributed by atoms with Crippen molar-refractivity contribution in [1.82, 2.24) is 5.32 Å². The molecule has 0 amide bonds. The van der Waals surface area contributed by atoms with Crippen LogP contribution in [0.2, 0.25) is 0 Å². The van der Waals surface area contributed by atoms with Crippen LogP contribution in [0.5, 0.6) is 0 Å². The molecule has 3 rings (SSSR count). The summed E-state index contributed by atoms with van der Waals surface area (Å²) in [6, 6.07) is 19.7. The third-order valence-electron chi connectivity index (χ3n) is 4.03. The predicted octanol–water partition coefficient (Wildman–Crippen LogP) is 3.41. The van der Waals surface area contributed by atoms with E-state index in [1.807, 2.05) is 7.05 Å². The van der Waals surface area contributed by atoms with Crippen molar-refractivity contribution < 1.29 is 0 Å². The van der Waals surface area contributed by atoms with Crippen LogP contribution in [0.1, 0.15) is 18.0 Å². The quantitative estimate of drug-likeness (QED) is 0.905. The zero-order chi connectivity index (χ0) is 14.7. The van der Waals surface area contributed by atoms with Crippen LogP contribution in [0.25, 0.3) is 0 Å². The van der Waals surface area contributed by atoms with Gasteiger partial charge in [0.1, 0.15) is 6.67 Å². The van der Waals surface area contributed by atoms with E-state index in [1.165, 1.54) is 16.9 Å². The number of benzene rings is 2. The van der Waals surface area contributed by atoms with Crippen molar-refractivity contribution in [3.63, 3.8) is 0 Å². The monoisotopic (exact) mass is 280 g/mol. The highest BCUT2D eigenvalue weighted by Crippen LogP contribution is 2.42. The Labute approximate surface area is 127 Å². The van der Waals surface area contributed by atoms with Crippen LogP contribution in [0.4, 0.5) is 11.4 Å². The van der Waals surface area contributed by atoms with Crippen molar-refractivity contribution in [1.29, 1.82) is 0 Å². The second-order valence-electron chi connectivity index (χ2n) is 5.44. The fourth-order valence-electron chi connectivity index (χ4n) is 2.96. The molecule has 1 heterocycles. The Kier molecular flexibility index (Phi) is 4.11. The Morgan fingerprint density at radius 3 is 2.33 bits per heavy atom. The Hall–Kier alpha value is -2.00. The average Bonchev–Trinajstić information content (AvgIpc) is 2.87. The normalized spacial score (nSPS) is 15.1. The lowest BCUT2D eigenvalue weighted by Crippen LogP contribution is -2.29. The summed E-state index contributed by atoms with van der Waals surface area (Å²) in [6.07, 6.45) is 1.07. The number of anilines is 2. The van der Waals surface area contributed by atoms with Crippen molar-refractivity contribution in [2.24, 2.45) is 0 Å². The molecule has 0 saturated carbocycles. The molecule has 1 unspecified atom stereocenters. The lowest BCUT2D eigenvalue weighted by atomic mass is 10.0. The molecule has 1 aliphatic rings. The summed E-state index contributed by atoms with van der Waals surface area (Å²) in [6.45, 7) is 3.20. The molecular weight excluding hydrogens is 258 g/mol. The zero-order valence-corrected chi connectivity index (χ0v) is 12.7. The predicted molar refractivity (Wildman–Crippen MR) is 89.4 cm³/mol. The Morgan fingerprint density at radius 2 is 1.62 bits per heavy atom. The van der Waals surface area contributed by atoms with Gasteiger partial charge in [-0.3, -0.25) is 0 Å². The number of nitrogens with zero attached hydrogens (tertiary/aromatic N) is 2. The average molecular weight is 280 g/mol. The number of para-hydroxylation sites is 2. The van der Waals surface area contributed by atoms with Crippen LogP contribution in [-0.4, -0.2) is 20.6 Å². The molecule has 1 atom stereocenters. The zero-order valence-electron chi connectivity index (χ0n) is 12.7. The van der Waals surface area contributed by atoms with Crippen molar-refractivity contribution in [2.75, 3.05) is 30.4 Å². The van der Waals surface area contributed by atoms with E-state index in [0.717, 1.165) is 13.0 Å². The van der Waals surface area contributed by atoms with Gasteiger partial charge in [-0.05, 0) is 37.7 Å². The minimum Gasteiger partial charge on any atom is -0.349 e. The first kappa shape index (κ1) is 14.0. The summed E-state index contributed by atoms with van der Waals surface area (Å²) >= 11 is 0. The third kappa shape index (κ3) is 2.74. The van der Waals surface area contributed by atoms with E-state index in [1.54, 1.807) is 0 Å². The van der Waals surface area contributed by atoms with Gasteiger partial charge in [0.05, 0.1) is 17.4 Å². The van der Waals surface area contributed by atoms with E-state index >= 15 is 0 Å². The maximum absolute atomic E-state index is 3.27. The van der Waals surface area contributed by atoms with Gasteiger partial charge >= 0.3 is 0 Å². The first-order valence-electron chi connectivity index (χ1n) is 7.46. The van der Waals surface area contributed by atoms with Crippen molar-refractivity contribution in [2.45, 2.75) is 12.5 Å². The molecule has 0 fully saturated rings. The summed E-state index contributed by atoms with van der Waals surface area (Å²) in [4.78, 5) is 4.59. The van der Waals surface area contributed by atoms with Gasteiger partial charge in [-0.2, -0.15) is 0 Å². The van der Waals surface area contributed by atoms with Crippen molar-refractivity contribution in [3.8, 4) is 0 Å². The van der Waals surface area contributed by atoms with Crippen LogP contribution in [0.3, 0.4) is 0 Å². The SMILES string of the molecule is CNCCC(c1ccccc1)N1[CH]N(C)c2ccccc21. The molecule has 21 heavy (non-hydrogen) atoms. The molecule has 1 aliphatic heterocycles. The topological polar surface area (TPSA) is 18.5 Å². The van der Waals surface area contributed by atoms with Crippen LogP contribution >= 0.6 is 0 Å². The molecule has 2 aromatic carbocycles. The molecule has 1 N–H and O–H groups in total. The van der Waals surface area contributed by atoms with Gasteiger partial charge < -0.3 is 15.1 Å². The summed E-state index contributed by atoms with van der Waals surface area (Å²) in [7, 11) is 4.12. The van der Waals surface area contributed by atoms with Crippen molar-refractivity contribution >= 4 is 11.4 Å². The molecule has 1 radical (unpaired) electrons. The van der Waals surface area contributed by atoms with Crippen LogP contribution in [-0.2, 0) is 0 Å². The lowest BCUT2D eigenvalue weighted by molar-refractivity contribution is 0.588. The number of hydrogen-bond acceptors (Lipinski definition) is 3. The fourth-order valence-corrected chi connectivity index (χ4v) is 2.96. The Balaban J connectivity index is 1.94. The first-order valence-corrected chi connectivity index (χ1v) is 7.46. The second kappa shape index (κ2) is 6.19. The molecule has 0 spiro atoms. The maximum atomic E-state index is 3.27. The van der Waals surface area contributed by atoms with Crippen molar-refractivity contribution in [3.05, 3.63) is 66.8 Å². The molecule has 0 bridgehead atoms. The first-order chi connectivity index (χ1) is 10.3. The van der Waals surface area contributed by atoms with Crippen LogP contribution < -0.4 is 15.1 Å². The van der Waals surface area contributed by atoms with Crippen LogP contribution in [0.15, 0.2) is 54.6 Å². The van der Waals surface area contributed by atoms with E-state index in [2.05, 4.69) is 83.4 Å². The number of fused-ring (bicyclic) bond motifs is 1. The molecular formula is C18H22N3. The van der Waals surface area contributed by atoms with E-state index in [0.29, 0.717) is 6.04 Å². The maximum Gasteiger partial charge on any atom is 0.142 e. The fraction of sp³-hybridized carbons (Fsp3) is 0.278. The summed E-state index contributed by atoms with van der Waals surface area (Å²) in [5.74, 6) is 0. The van der Waals surface area contributed by atoms with Gasteiger partial charge in [0.25, 0.3) is 0 Å². The summed E-state index contributed by atoms with van der Waals surface area (Å²) < 4.78 is 0. The molecule has 0 aliphatic carbocycles. The molecule has 2 aromatic rings. The van der Waals surface area contributed by atoms with Gasteiger partial charge in [-0.1, -0.05) is 42.5 Å². The molecule has 109 valence electrons. The van der Waals surface area contributed by atoms with Gasteiger partial charge in [0, 0.05) is 7.05 Å². The number of nitrogens with one attached hydrogen (secondary N) is 1. The van der Waals surface area contributed by atoms with E-state index in [9.17, 15) is 0 Å². The molecule has 0 aromatic heterocycles. The Bertz CT molecular complexity index is 582. The van der Waals surface area contributed by atoms with Crippen LogP contribution in [0, 0.1) is 6.67 Å². The summed E-state index contributed by atoms with van der Waals surface area (Å²) in [5, 5.41) is 3.27. The summed E-state index contributed by atoms with van der Waals surface area (Å²) in [5.41, 5.74) is 3.90. The second-order valence-corrected chi connectivity index (χ2v) is 5.44. The van der Waals surface area contributed by atoms with E-state index in [-0.39, 0.29) is 0 Å². The highest BCUT2D eigenvalue weighted by atomic mass is 15.4. The minimum atomic E-state index is 0.352. The van der Waals surface area contributed by atoms with Gasteiger partial charge in [0.2, 0.25) is 0 Å². The molecule has 3 heteroatoms. The number of hydrogen-bond donors (Lipinski definition) is 1.